The van der Waals surface area contributed by atoms with Crippen molar-refractivity contribution in [2.45, 2.75) is 13.8 Å². The Hall–Kier alpha value is -3.10. The molecule has 0 spiro atoms. The minimum Gasteiger partial charge on any atom is -0.454 e. The van der Waals surface area contributed by atoms with Gasteiger partial charge in [-0.05, 0) is 43.7 Å². The molecule has 0 aliphatic carbocycles. The van der Waals surface area contributed by atoms with Crippen LogP contribution < -0.4 is 16.0 Å². The van der Waals surface area contributed by atoms with E-state index in [4.69, 9.17) is 27.9 Å². The first-order valence-corrected chi connectivity index (χ1v) is 9.48. The summed E-state index contributed by atoms with van der Waals surface area (Å²) in [5.41, 5.74) is 2.55. The molecular weight excluding hydrogens is 433 g/mol. The largest absolute Gasteiger partial charge is 0.454 e. The summed E-state index contributed by atoms with van der Waals surface area (Å²) in [6.45, 7) is 2.56. The number of benzene rings is 2. The number of hydrogen-bond acceptors (Lipinski definition) is 5. The Morgan fingerprint density at radius 2 is 1.73 bits per heavy atom. The first-order valence-electron chi connectivity index (χ1n) is 8.72. The van der Waals surface area contributed by atoms with Crippen molar-refractivity contribution in [2.75, 3.05) is 18.5 Å². The summed E-state index contributed by atoms with van der Waals surface area (Å²) in [4.78, 5) is 47.3. The smallest absolute Gasteiger partial charge is 0.325 e. The SMILES string of the molecule is Cc1ccc(NC(=O)NC(=O)COC(=O)CNC(=O)c2ccc(Cl)cc2Cl)c(C)c1. The van der Waals surface area contributed by atoms with Crippen LogP contribution in [0.4, 0.5) is 10.5 Å². The topological polar surface area (TPSA) is 114 Å². The molecule has 0 aliphatic heterocycles. The number of aryl methyl sites for hydroxylation is 2. The zero-order valence-electron chi connectivity index (χ0n) is 16.2. The van der Waals surface area contributed by atoms with Crippen LogP contribution in [-0.2, 0) is 14.3 Å². The van der Waals surface area contributed by atoms with Crippen LogP contribution in [0.15, 0.2) is 36.4 Å². The first-order chi connectivity index (χ1) is 14.2. The van der Waals surface area contributed by atoms with Crippen molar-refractivity contribution in [1.82, 2.24) is 10.6 Å². The molecule has 30 heavy (non-hydrogen) atoms. The van der Waals surface area contributed by atoms with Crippen LogP contribution in [-0.4, -0.2) is 37.0 Å². The molecule has 0 unspecified atom stereocenters. The van der Waals surface area contributed by atoms with Crippen molar-refractivity contribution in [3.05, 3.63) is 63.1 Å². The predicted octanol–water partition coefficient (Wildman–Crippen LogP) is 3.23. The highest BCUT2D eigenvalue weighted by Crippen LogP contribution is 2.20. The van der Waals surface area contributed by atoms with Crippen molar-refractivity contribution in [3.8, 4) is 0 Å². The fourth-order valence-electron chi connectivity index (χ4n) is 2.39. The Balaban J connectivity index is 1.74. The molecule has 3 N–H and O–H groups in total. The van der Waals surface area contributed by atoms with Crippen LogP contribution in [0.2, 0.25) is 10.0 Å². The quantitative estimate of drug-likeness (QED) is 0.583. The Labute approximate surface area is 182 Å². The second kappa shape index (κ2) is 10.6. The maximum absolute atomic E-state index is 12.0. The average molecular weight is 452 g/mol. The molecule has 0 fully saturated rings. The van der Waals surface area contributed by atoms with Crippen LogP contribution >= 0.6 is 23.2 Å². The third kappa shape index (κ3) is 7.06. The molecule has 8 nitrogen and oxygen atoms in total. The predicted molar refractivity (Wildman–Crippen MR) is 113 cm³/mol. The van der Waals surface area contributed by atoms with Gasteiger partial charge in [-0.2, -0.15) is 0 Å². The summed E-state index contributed by atoms with van der Waals surface area (Å²) < 4.78 is 4.73. The Morgan fingerprint density at radius 1 is 1.00 bits per heavy atom. The van der Waals surface area contributed by atoms with Gasteiger partial charge in [-0.25, -0.2) is 4.79 Å². The Kier molecular flexibility index (Phi) is 8.20. The highest BCUT2D eigenvalue weighted by molar-refractivity contribution is 6.36. The van der Waals surface area contributed by atoms with E-state index in [1.54, 1.807) is 6.07 Å². The summed E-state index contributed by atoms with van der Waals surface area (Å²) in [6.07, 6.45) is 0. The maximum Gasteiger partial charge on any atom is 0.325 e. The molecule has 10 heteroatoms. The lowest BCUT2D eigenvalue weighted by molar-refractivity contribution is -0.147. The fourth-order valence-corrected chi connectivity index (χ4v) is 2.88. The summed E-state index contributed by atoms with van der Waals surface area (Å²) in [7, 11) is 0. The second-order valence-corrected chi connectivity index (χ2v) is 7.13. The van der Waals surface area contributed by atoms with Gasteiger partial charge in [0.15, 0.2) is 6.61 Å². The molecule has 0 heterocycles. The fraction of sp³-hybridized carbons (Fsp3) is 0.200. The number of imide groups is 1. The average Bonchev–Trinajstić information content (AvgIpc) is 2.66. The summed E-state index contributed by atoms with van der Waals surface area (Å²) in [5, 5.41) is 7.39. The van der Waals surface area contributed by atoms with Crippen LogP contribution in [0.1, 0.15) is 21.5 Å². The first kappa shape index (κ1) is 23.2. The minimum absolute atomic E-state index is 0.127. The summed E-state index contributed by atoms with van der Waals surface area (Å²) >= 11 is 11.7. The number of rotatable bonds is 6. The number of carbonyl (C=O) groups excluding carboxylic acids is 4. The molecule has 2 aromatic carbocycles. The Bertz CT molecular complexity index is 994. The monoisotopic (exact) mass is 451 g/mol. The van der Waals surface area contributed by atoms with Crippen LogP contribution in [0.5, 0.6) is 0 Å². The van der Waals surface area contributed by atoms with E-state index in [-0.39, 0.29) is 10.6 Å². The number of esters is 1. The van der Waals surface area contributed by atoms with Crippen LogP contribution in [0.3, 0.4) is 0 Å². The van der Waals surface area contributed by atoms with Gasteiger partial charge in [0.05, 0.1) is 10.6 Å². The lowest BCUT2D eigenvalue weighted by Gasteiger charge is -2.10. The molecule has 0 aromatic heterocycles. The van der Waals surface area contributed by atoms with Gasteiger partial charge in [0.2, 0.25) is 0 Å². The lowest BCUT2D eigenvalue weighted by Crippen LogP contribution is -2.38. The molecule has 0 saturated heterocycles. The van der Waals surface area contributed by atoms with E-state index in [0.29, 0.717) is 10.7 Å². The van der Waals surface area contributed by atoms with Crippen molar-refractivity contribution < 1.29 is 23.9 Å². The molecule has 4 amide bonds. The Morgan fingerprint density at radius 3 is 2.40 bits per heavy atom. The van der Waals surface area contributed by atoms with E-state index in [0.717, 1.165) is 11.1 Å². The second-order valence-electron chi connectivity index (χ2n) is 6.29. The zero-order chi connectivity index (χ0) is 22.3. The van der Waals surface area contributed by atoms with Gasteiger partial charge in [-0.3, -0.25) is 19.7 Å². The van der Waals surface area contributed by atoms with Gasteiger partial charge in [-0.1, -0.05) is 40.9 Å². The number of hydrogen-bond donors (Lipinski definition) is 3. The van der Waals surface area contributed by atoms with Crippen molar-refractivity contribution in [1.29, 1.82) is 0 Å². The minimum atomic E-state index is -0.863. The molecule has 0 saturated carbocycles. The molecular formula is C20H19Cl2N3O5. The molecule has 0 aliphatic rings. The van der Waals surface area contributed by atoms with Crippen molar-refractivity contribution >= 4 is 52.7 Å². The van der Waals surface area contributed by atoms with Gasteiger partial charge in [0.1, 0.15) is 6.54 Å². The van der Waals surface area contributed by atoms with E-state index in [9.17, 15) is 19.2 Å². The standard InChI is InChI=1S/C20H19Cl2N3O5/c1-11-3-6-16(12(2)7-11)24-20(29)25-17(26)10-30-18(27)9-23-19(28)14-5-4-13(21)8-15(14)22/h3-8H,9-10H2,1-2H3,(H,23,28)(H2,24,25,26,29). The number of ether oxygens (including phenoxy) is 1. The van der Waals surface area contributed by atoms with Gasteiger partial charge in [0.25, 0.3) is 11.8 Å². The summed E-state index contributed by atoms with van der Waals surface area (Å²) in [5.74, 6) is -2.29. The maximum atomic E-state index is 12.0. The summed E-state index contributed by atoms with van der Waals surface area (Å²) in [6, 6.07) is 8.94. The molecule has 2 rings (SSSR count). The lowest BCUT2D eigenvalue weighted by atomic mass is 10.1. The zero-order valence-corrected chi connectivity index (χ0v) is 17.7. The van der Waals surface area contributed by atoms with Gasteiger partial charge in [0, 0.05) is 10.7 Å². The van der Waals surface area contributed by atoms with Crippen molar-refractivity contribution in [2.24, 2.45) is 0 Å². The highest BCUT2D eigenvalue weighted by atomic mass is 35.5. The highest BCUT2D eigenvalue weighted by Gasteiger charge is 2.15. The number of carbonyl (C=O) groups is 4. The van der Waals surface area contributed by atoms with Gasteiger partial charge >= 0.3 is 12.0 Å². The number of anilines is 1. The number of urea groups is 1. The van der Waals surface area contributed by atoms with Gasteiger partial charge < -0.3 is 15.4 Å². The van der Waals surface area contributed by atoms with E-state index in [1.807, 2.05) is 31.3 Å². The normalized spacial score (nSPS) is 10.1. The molecule has 0 atom stereocenters. The third-order valence-electron chi connectivity index (χ3n) is 3.82. The van der Waals surface area contributed by atoms with E-state index >= 15 is 0 Å². The molecule has 0 bridgehead atoms. The molecule has 158 valence electrons. The van der Waals surface area contributed by atoms with E-state index in [1.165, 1.54) is 18.2 Å². The van der Waals surface area contributed by atoms with E-state index in [2.05, 4.69) is 10.6 Å². The number of halogens is 2. The number of nitrogens with one attached hydrogen (secondary N) is 3. The van der Waals surface area contributed by atoms with Crippen molar-refractivity contribution in [3.63, 3.8) is 0 Å². The van der Waals surface area contributed by atoms with Crippen LogP contribution in [0.25, 0.3) is 0 Å². The van der Waals surface area contributed by atoms with E-state index < -0.39 is 37.0 Å². The molecule has 2 aromatic rings. The third-order valence-corrected chi connectivity index (χ3v) is 4.36. The van der Waals surface area contributed by atoms with Crippen LogP contribution in [0, 0.1) is 13.8 Å². The number of amides is 4. The van der Waals surface area contributed by atoms with Gasteiger partial charge in [-0.15, -0.1) is 0 Å². The molecule has 0 radical (unpaired) electrons.